The summed E-state index contributed by atoms with van der Waals surface area (Å²) in [5.41, 5.74) is 6.79. The Morgan fingerprint density at radius 1 is 0.852 bits per heavy atom. The van der Waals surface area contributed by atoms with Crippen molar-refractivity contribution in [2.45, 2.75) is 19.8 Å². The van der Waals surface area contributed by atoms with Crippen LogP contribution < -0.4 is 4.74 Å². The molecule has 2 aromatic carbocycles. The molecule has 0 fully saturated rings. The van der Waals surface area contributed by atoms with E-state index >= 15 is 0 Å². The van der Waals surface area contributed by atoms with Gasteiger partial charge in [-0.3, -0.25) is 0 Å². The lowest BCUT2D eigenvalue weighted by atomic mass is 9.93. The third-order valence-electron chi connectivity index (χ3n) is 4.95. The minimum absolute atomic E-state index is 0.223. The van der Waals surface area contributed by atoms with Gasteiger partial charge in [-0.2, -0.15) is 0 Å². The summed E-state index contributed by atoms with van der Waals surface area (Å²) >= 11 is 0. The molecule has 0 radical (unpaired) electrons. The summed E-state index contributed by atoms with van der Waals surface area (Å²) in [5.74, 6) is 0.962. The number of hydrogen-bond donors (Lipinski definition) is 0. The second kappa shape index (κ2) is 6.92. The second-order valence-electron chi connectivity index (χ2n) is 7.01. The monoisotopic (exact) mass is 359 g/mol. The topological polar surface area (TPSA) is 13.6 Å². The maximum Gasteiger partial charge on any atom is 0.123 e. The van der Waals surface area contributed by atoms with Crippen LogP contribution in [0.1, 0.15) is 25.5 Å². The molecule has 3 heteroatoms. The van der Waals surface area contributed by atoms with Gasteiger partial charge >= 0.3 is 0 Å². The molecule has 0 saturated carbocycles. The van der Waals surface area contributed by atoms with Crippen molar-refractivity contribution in [1.82, 2.24) is 4.40 Å². The van der Waals surface area contributed by atoms with Crippen LogP contribution in [0.2, 0.25) is 0 Å². The van der Waals surface area contributed by atoms with Crippen molar-refractivity contribution < 1.29 is 9.13 Å². The van der Waals surface area contributed by atoms with Gasteiger partial charge in [0.05, 0.1) is 12.6 Å². The van der Waals surface area contributed by atoms with Gasteiger partial charge < -0.3 is 9.14 Å². The van der Waals surface area contributed by atoms with Crippen molar-refractivity contribution in [2.75, 3.05) is 7.11 Å². The first kappa shape index (κ1) is 17.3. The number of aromatic nitrogens is 1. The molecule has 0 bridgehead atoms. The number of ether oxygens (including phenoxy) is 1. The van der Waals surface area contributed by atoms with Gasteiger partial charge in [-0.15, -0.1) is 0 Å². The van der Waals surface area contributed by atoms with Gasteiger partial charge in [-0.25, -0.2) is 4.39 Å². The van der Waals surface area contributed by atoms with E-state index in [0.717, 1.165) is 28.0 Å². The van der Waals surface area contributed by atoms with Crippen molar-refractivity contribution in [1.29, 1.82) is 0 Å². The van der Waals surface area contributed by atoms with Crippen molar-refractivity contribution in [3.8, 4) is 28.0 Å². The van der Waals surface area contributed by atoms with Crippen LogP contribution >= 0.6 is 0 Å². The van der Waals surface area contributed by atoms with E-state index in [9.17, 15) is 4.39 Å². The Labute approximate surface area is 158 Å². The molecule has 2 nitrogen and oxygen atoms in total. The largest absolute Gasteiger partial charge is 0.497 e. The summed E-state index contributed by atoms with van der Waals surface area (Å²) in [6.07, 6.45) is 2.10. The summed E-state index contributed by atoms with van der Waals surface area (Å²) in [4.78, 5) is 0. The highest BCUT2D eigenvalue weighted by molar-refractivity contribution is 5.86. The molecule has 0 amide bonds. The Kier molecular flexibility index (Phi) is 4.44. The Morgan fingerprint density at radius 3 is 2.11 bits per heavy atom. The standard InChI is InChI=1S/C24H22FNO/c1-16(2)24-22(18-8-12-20(27-3)13-9-18)15-21(23-5-4-14-26(23)24)17-6-10-19(25)11-7-17/h4-16H,1-3H3. The molecule has 4 aromatic rings. The lowest BCUT2D eigenvalue weighted by molar-refractivity contribution is 0.415. The molecule has 0 saturated heterocycles. The van der Waals surface area contributed by atoms with Crippen LogP contribution in [-0.4, -0.2) is 11.5 Å². The fraction of sp³-hybridized carbons (Fsp3) is 0.167. The van der Waals surface area contributed by atoms with Gasteiger partial charge in [-0.1, -0.05) is 38.1 Å². The lowest BCUT2D eigenvalue weighted by Crippen LogP contribution is -2.03. The molecule has 0 atom stereocenters. The van der Waals surface area contributed by atoms with Crippen molar-refractivity contribution >= 4 is 5.52 Å². The van der Waals surface area contributed by atoms with E-state index in [1.165, 1.54) is 23.4 Å². The van der Waals surface area contributed by atoms with E-state index in [1.54, 1.807) is 7.11 Å². The first-order chi connectivity index (χ1) is 13.1. The van der Waals surface area contributed by atoms with Crippen LogP contribution in [0.25, 0.3) is 27.8 Å². The quantitative estimate of drug-likeness (QED) is 0.403. The maximum atomic E-state index is 13.4. The Hall–Kier alpha value is -3.07. The highest BCUT2D eigenvalue weighted by atomic mass is 19.1. The van der Waals surface area contributed by atoms with E-state index in [4.69, 9.17) is 4.74 Å². The zero-order valence-electron chi connectivity index (χ0n) is 15.7. The van der Waals surface area contributed by atoms with Crippen LogP contribution in [0.15, 0.2) is 72.9 Å². The predicted octanol–water partition coefficient (Wildman–Crippen LogP) is 6.54. The van der Waals surface area contributed by atoms with Crippen molar-refractivity contribution in [3.05, 3.63) is 84.4 Å². The molecular weight excluding hydrogens is 337 g/mol. The molecule has 0 unspecified atom stereocenters. The predicted molar refractivity (Wildman–Crippen MR) is 109 cm³/mol. The van der Waals surface area contributed by atoms with E-state index in [0.29, 0.717) is 5.92 Å². The summed E-state index contributed by atoms with van der Waals surface area (Å²) in [6.45, 7) is 4.42. The number of methoxy groups -OCH3 is 1. The zero-order valence-corrected chi connectivity index (χ0v) is 15.7. The van der Waals surface area contributed by atoms with Crippen LogP contribution in [0.4, 0.5) is 4.39 Å². The molecule has 4 rings (SSSR count). The minimum Gasteiger partial charge on any atom is -0.497 e. The maximum absolute atomic E-state index is 13.4. The molecule has 0 aliphatic heterocycles. The number of halogens is 1. The molecule has 27 heavy (non-hydrogen) atoms. The van der Waals surface area contributed by atoms with E-state index in [-0.39, 0.29) is 5.82 Å². The van der Waals surface area contributed by atoms with Gasteiger partial charge in [0, 0.05) is 23.0 Å². The minimum atomic E-state index is -0.223. The number of hydrogen-bond acceptors (Lipinski definition) is 1. The van der Waals surface area contributed by atoms with Crippen LogP contribution in [-0.2, 0) is 0 Å². The fourth-order valence-corrected chi connectivity index (χ4v) is 3.68. The number of rotatable bonds is 4. The number of benzene rings is 2. The summed E-state index contributed by atoms with van der Waals surface area (Å²) in [5, 5.41) is 0. The summed E-state index contributed by atoms with van der Waals surface area (Å²) in [7, 11) is 1.67. The SMILES string of the molecule is COc1ccc(-c2cc(-c3ccc(F)cc3)c3cccn3c2C(C)C)cc1. The fourth-order valence-electron chi connectivity index (χ4n) is 3.68. The number of fused-ring (bicyclic) bond motifs is 1. The molecular formula is C24H22FNO. The van der Waals surface area contributed by atoms with E-state index < -0.39 is 0 Å². The third kappa shape index (κ3) is 3.10. The van der Waals surface area contributed by atoms with Crippen LogP contribution in [0.3, 0.4) is 0 Å². The van der Waals surface area contributed by atoms with Crippen LogP contribution in [0, 0.1) is 5.82 Å². The van der Waals surface area contributed by atoms with Crippen LogP contribution in [0.5, 0.6) is 5.75 Å². The highest BCUT2D eigenvalue weighted by Crippen LogP contribution is 2.37. The Balaban J connectivity index is 2.01. The lowest BCUT2D eigenvalue weighted by Gasteiger charge is -2.19. The van der Waals surface area contributed by atoms with E-state index in [1.807, 2.05) is 24.3 Å². The zero-order chi connectivity index (χ0) is 19.0. The first-order valence-corrected chi connectivity index (χ1v) is 9.13. The van der Waals surface area contributed by atoms with Gasteiger partial charge in [0.25, 0.3) is 0 Å². The summed E-state index contributed by atoms with van der Waals surface area (Å²) < 4.78 is 21.0. The molecule has 0 N–H and O–H groups in total. The normalized spacial score (nSPS) is 11.3. The summed E-state index contributed by atoms with van der Waals surface area (Å²) in [6, 6.07) is 21.2. The molecule has 0 aliphatic carbocycles. The average molecular weight is 359 g/mol. The number of nitrogens with zero attached hydrogens (tertiary/aromatic N) is 1. The Bertz CT molecular complexity index is 1080. The Morgan fingerprint density at radius 2 is 1.48 bits per heavy atom. The van der Waals surface area contributed by atoms with Crippen molar-refractivity contribution in [2.24, 2.45) is 0 Å². The number of pyridine rings is 1. The first-order valence-electron chi connectivity index (χ1n) is 9.13. The highest BCUT2D eigenvalue weighted by Gasteiger charge is 2.17. The van der Waals surface area contributed by atoms with Gasteiger partial charge in [0.1, 0.15) is 11.6 Å². The second-order valence-corrected chi connectivity index (χ2v) is 7.01. The molecule has 2 aromatic heterocycles. The van der Waals surface area contributed by atoms with Gasteiger partial charge in [0.15, 0.2) is 0 Å². The smallest absolute Gasteiger partial charge is 0.123 e. The van der Waals surface area contributed by atoms with Crippen molar-refractivity contribution in [3.63, 3.8) is 0 Å². The average Bonchev–Trinajstić information content (AvgIpc) is 3.17. The molecule has 0 spiro atoms. The van der Waals surface area contributed by atoms with Gasteiger partial charge in [-0.05, 0) is 59.5 Å². The third-order valence-corrected chi connectivity index (χ3v) is 4.95. The molecule has 2 heterocycles. The molecule has 136 valence electrons. The van der Waals surface area contributed by atoms with Gasteiger partial charge in [0.2, 0.25) is 0 Å². The molecule has 0 aliphatic rings. The van der Waals surface area contributed by atoms with E-state index in [2.05, 4.69) is 54.8 Å².